The highest BCUT2D eigenvalue weighted by Crippen LogP contribution is 2.20. The van der Waals surface area contributed by atoms with Crippen molar-refractivity contribution in [3.63, 3.8) is 0 Å². The van der Waals surface area contributed by atoms with Gasteiger partial charge in [0, 0.05) is 18.8 Å². The first kappa shape index (κ1) is 16.7. The van der Waals surface area contributed by atoms with Gasteiger partial charge >= 0.3 is 0 Å². The summed E-state index contributed by atoms with van der Waals surface area (Å²) in [4.78, 5) is 8.41. The molecule has 5 nitrogen and oxygen atoms in total. The Morgan fingerprint density at radius 2 is 2.04 bits per heavy atom. The minimum absolute atomic E-state index is 0.308. The largest absolute Gasteiger partial charge is 0.439 e. The third-order valence-corrected chi connectivity index (χ3v) is 2.96. The third-order valence-electron chi connectivity index (χ3n) is 2.96. The van der Waals surface area contributed by atoms with Crippen LogP contribution in [0.25, 0.3) is 0 Å². The molecule has 2 rings (SSSR count). The molecule has 0 radical (unpaired) electrons. The molecule has 6 heteroatoms. The summed E-state index contributed by atoms with van der Waals surface area (Å²) < 4.78 is 18.5. The van der Waals surface area contributed by atoms with Gasteiger partial charge in [0.1, 0.15) is 11.6 Å². The van der Waals surface area contributed by atoms with E-state index in [1.54, 1.807) is 24.4 Å². The zero-order chi connectivity index (χ0) is 16.7. The number of ether oxygens (including phenoxy) is 1. The van der Waals surface area contributed by atoms with Gasteiger partial charge in [-0.2, -0.15) is 0 Å². The smallest absolute Gasteiger partial charge is 0.219 e. The van der Waals surface area contributed by atoms with Crippen LogP contribution in [-0.2, 0) is 6.54 Å². The summed E-state index contributed by atoms with van der Waals surface area (Å²) in [6.45, 7) is 5.41. The van der Waals surface area contributed by atoms with Crippen molar-refractivity contribution in [2.45, 2.75) is 20.4 Å². The van der Waals surface area contributed by atoms with Gasteiger partial charge in [0.15, 0.2) is 5.96 Å². The molecule has 2 aromatic rings. The lowest BCUT2D eigenvalue weighted by atomic mass is 10.2. The van der Waals surface area contributed by atoms with Gasteiger partial charge in [-0.15, -0.1) is 0 Å². The van der Waals surface area contributed by atoms with E-state index in [1.807, 2.05) is 6.07 Å². The number of aromatic nitrogens is 1. The molecule has 0 amide bonds. The highest BCUT2D eigenvalue weighted by atomic mass is 19.1. The number of pyridine rings is 1. The molecule has 0 saturated carbocycles. The molecule has 0 aliphatic rings. The number of benzene rings is 1. The molecule has 1 heterocycles. The van der Waals surface area contributed by atoms with Crippen molar-refractivity contribution in [3.05, 3.63) is 54.0 Å². The number of guanidine groups is 1. The second-order valence-corrected chi connectivity index (χ2v) is 5.53. The topological polar surface area (TPSA) is 72.5 Å². The SMILES string of the molecule is CC(C)CNC(N)=NCc1ccnc(Oc2ccc(F)cc2)c1. The van der Waals surface area contributed by atoms with Gasteiger partial charge in [-0.1, -0.05) is 13.8 Å². The summed E-state index contributed by atoms with van der Waals surface area (Å²) in [7, 11) is 0. The van der Waals surface area contributed by atoms with Crippen molar-refractivity contribution in [1.29, 1.82) is 0 Å². The standard InChI is InChI=1S/C17H21FN4O/c1-12(2)10-21-17(19)22-11-13-7-8-20-16(9-13)23-15-5-3-14(18)4-6-15/h3-9,12H,10-11H2,1-2H3,(H3,19,21,22). The van der Waals surface area contributed by atoms with Crippen molar-refractivity contribution >= 4 is 5.96 Å². The van der Waals surface area contributed by atoms with E-state index in [9.17, 15) is 4.39 Å². The van der Waals surface area contributed by atoms with E-state index >= 15 is 0 Å². The zero-order valence-corrected chi connectivity index (χ0v) is 13.3. The maximum Gasteiger partial charge on any atom is 0.219 e. The normalized spacial score (nSPS) is 11.6. The number of hydrogen-bond acceptors (Lipinski definition) is 3. The highest BCUT2D eigenvalue weighted by molar-refractivity contribution is 5.77. The first-order valence-electron chi connectivity index (χ1n) is 7.45. The molecule has 0 aliphatic carbocycles. The van der Waals surface area contributed by atoms with E-state index in [0.29, 0.717) is 30.1 Å². The fourth-order valence-corrected chi connectivity index (χ4v) is 1.77. The van der Waals surface area contributed by atoms with Crippen LogP contribution in [0.4, 0.5) is 4.39 Å². The van der Waals surface area contributed by atoms with Crippen LogP contribution >= 0.6 is 0 Å². The second-order valence-electron chi connectivity index (χ2n) is 5.53. The van der Waals surface area contributed by atoms with Gasteiger partial charge in [0.05, 0.1) is 6.54 Å². The van der Waals surface area contributed by atoms with Crippen LogP contribution in [0.1, 0.15) is 19.4 Å². The van der Waals surface area contributed by atoms with Crippen LogP contribution in [0.2, 0.25) is 0 Å². The van der Waals surface area contributed by atoms with Gasteiger partial charge in [-0.05, 0) is 41.8 Å². The molecule has 122 valence electrons. The minimum Gasteiger partial charge on any atom is -0.439 e. The number of hydrogen-bond donors (Lipinski definition) is 2. The van der Waals surface area contributed by atoms with Gasteiger partial charge in [-0.3, -0.25) is 0 Å². The minimum atomic E-state index is -0.308. The van der Waals surface area contributed by atoms with Crippen LogP contribution in [0, 0.1) is 11.7 Å². The molecule has 0 fully saturated rings. The van der Waals surface area contributed by atoms with Crippen molar-refractivity contribution in [1.82, 2.24) is 10.3 Å². The zero-order valence-electron chi connectivity index (χ0n) is 13.3. The van der Waals surface area contributed by atoms with Gasteiger partial charge in [0.2, 0.25) is 5.88 Å². The lowest BCUT2D eigenvalue weighted by Crippen LogP contribution is -2.34. The Morgan fingerprint density at radius 3 is 2.74 bits per heavy atom. The van der Waals surface area contributed by atoms with Crippen molar-refractivity contribution in [2.75, 3.05) is 6.54 Å². The molecule has 1 aromatic heterocycles. The number of nitrogens with zero attached hydrogens (tertiary/aromatic N) is 2. The Balaban J connectivity index is 1.96. The predicted molar refractivity (Wildman–Crippen MR) is 88.9 cm³/mol. The maximum atomic E-state index is 12.9. The van der Waals surface area contributed by atoms with Gasteiger partial charge < -0.3 is 15.8 Å². The number of nitrogens with two attached hydrogens (primary N) is 1. The van der Waals surface area contributed by atoms with E-state index in [2.05, 4.69) is 29.1 Å². The van der Waals surface area contributed by atoms with Crippen molar-refractivity contribution < 1.29 is 9.13 Å². The molecule has 0 aliphatic heterocycles. The quantitative estimate of drug-likeness (QED) is 0.634. The lowest BCUT2D eigenvalue weighted by Gasteiger charge is -2.08. The second kappa shape index (κ2) is 8.12. The molecule has 3 N–H and O–H groups in total. The summed E-state index contributed by atoms with van der Waals surface area (Å²) in [5.74, 6) is 1.56. The van der Waals surface area contributed by atoms with E-state index in [0.717, 1.165) is 12.1 Å². The first-order chi connectivity index (χ1) is 11.0. The monoisotopic (exact) mass is 316 g/mol. The Kier molecular flexibility index (Phi) is 5.91. The fraction of sp³-hybridized carbons (Fsp3) is 0.294. The molecule has 0 unspecified atom stereocenters. The molecule has 0 bridgehead atoms. The molecule has 0 spiro atoms. The number of nitrogens with one attached hydrogen (secondary N) is 1. The Hall–Kier alpha value is -2.63. The summed E-state index contributed by atoms with van der Waals surface area (Å²) in [5.41, 5.74) is 6.72. The Morgan fingerprint density at radius 1 is 1.30 bits per heavy atom. The van der Waals surface area contributed by atoms with Crippen LogP contribution in [0.5, 0.6) is 11.6 Å². The summed E-state index contributed by atoms with van der Waals surface area (Å²) in [6.07, 6.45) is 1.64. The van der Waals surface area contributed by atoms with Crippen LogP contribution in [0.15, 0.2) is 47.6 Å². The summed E-state index contributed by atoms with van der Waals surface area (Å²) in [5, 5.41) is 3.06. The molecular weight excluding hydrogens is 295 g/mol. The van der Waals surface area contributed by atoms with Gasteiger partial charge in [-0.25, -0.2) is 14.4 Å². The number of halogens is 1. The number of rotatable bonds is 6. The Labute approximate surface area is 135 Å². The molecule has 0 atom stereocenters. The third kappa shape index (κ3) is 5.94. The fourth-order valence-electron chi connectivity index (χ4n) is 1.77. The summed E-state index contributed by atoms with van der Waals surface area (Å²) in [6, 6.07) is 9.40. The van der Waals surface area contributed by atoms with Gasteiger partial charge in [0.25, 0.3) is 0 Å². The maximum absolute atomic E-state index is 12.9. The Bertz CT molecular complexity index is 656. The van der Waals surface area contributed by atoms with E-state index < -0.39 is 0 Å². The van der Waals surface area contributed by atoms with E-state index in [-0.39, 0.29) is 5.82 Å². The van der Waals surface area contributed by atoms with Crippen molar-refractivity contribution in [2.24, 2.45) is 16.6 Å². The molecular formula is C17H21FN4O. The molecule has 1 aromatic carbocycles. The summed E-state index contributed by atoms with van der Waals surface area (Å²) >= 11 is 0. The van der Waals surface area contributed by atoms with Crippen LogP contribution in [-0.4, -0.2) is 17.5 Å². The van der Waals surface area contributed by atoms with Crippen LogP contribution < -0.4 is 15.8 Å². The predicted octanol–water partition coefficient (Wildman–Crippen LogP) is 3.07. The molecule has 23 heavy (non-hydrogen) atoms. The first-order valence-corrected chi connectivity index (χ1v) is 7.45. The average molecular weight is 316 g/mol. The lowest BCUT2D eigenvalue weighted by molar-refractivity contribution is 0.460. The van der Waals surface area contributed by atoms with E-state index in [4.69, 9.17) is 10.5 Å². The highest BCUT2D eigenvalue weighted by Gasteiger charge is 2.02. The van der Waals surface area contributed by atoms with Crippen LogP contribution in [0.3, 0.4) is 0 Å². The number of aliphatic imine (C=N–C) groups is 1. The average Bonchev–Trinajstić information content (AvgIpc) is 2.53. The van der Waals surface area contributed by atoms with E-state index in [1.165, 1.54) is 12.1 Å². The van der Waals surface area contributed by atoms with Crippen molar-refractivity contribution in [3.8, 4) is 11.6 Å². The molecule has 0 saturated heterocycles.